The third-order valence-electron chi connectivity index (χ3n) is 3.48. The number of amides is 2. The molecule has 0 aliphatic rings. The van der Waals surface area contributed by atoms with Crippen LogP contribution in [0.3, 0.4) is 0 Å². The largest absolute Gasteiger partial charge is 0.494 e. The number of nitrogens with one attached hydrogen (secondary N) is 2. The minimum atomic E-state index is -0.741. The maximum atomic E-state index is 11.9. The summed E-state index contributed by atoms with van der Waals surface area (Å²) >= 11 is 0. The minimum absolute atomic E-state index is 0.285. The van der Waals surface area contributed by atoms with Crippen molar-refractivity contribution >= 4 is 11.8 Å². The van der Waals surface area contributed by atoms with E-state index in [2.05, 4.69) is 15.5 Å². The first-order valence-corrected chi connectivity index (χ1v) is 7.75. The summed E-state index contributed by atoms with van der Waals surface area (Å²) in [6.45, 7) is 3.27. The van der Waals surface area contributed by atoms with E-state index in [1.165, 1.54) is 14.1 Å². The van der Waals surface area contributed by atoms with E-state index in [9.17, 15) is 9.59 Å². The molecule has 0 aromatic heterocycles. The van der Waals surface area contributed by atoms with Gasteiger partial charge in [-0.15, -0.1) is 0 Å². The van der Waals surface area contributed by atoms with Crippen molar-refractivity contribution in [1.82, 2.24) is 15.5 Å². The first kappa shape index (κ1) is 19.0. The van der Waals surface area contributed by atoms with Crippen molar-refractivity contribution in [1.29, 1.82) is 0 Å². The molecule has 0 unspecified atom stereocenters. The lowest BCUT2D eigenvalue weighted by molar-refractivity contribution is -0.134. The molecule has 0 saturated carbocycles. The average Bonchev–Trinajstić information content (AvgIpc) is 2.53. The summed E-state index contributed by atoms with van der Waals surface area (Å²) in [5, 5.41) is 5.09. The molecule has 0 spiro atoms. The van der Waals surface area contributed by atoms with Gasteiger partial charge in [0.05, 0.1) is 6.61 Å². The second-order valence-corrected chi connectivity index (χ2v) is 5.60. The van der Waals surface area contributed by atoms with Crippen molar-refractivity contribution in [3.8, 4) is 5.75 Å². The zero-order chi connectivity index (χ0) is 17.4. The summed E-state index contributed by atoms with van der Waals surface area (Å²) in [4.78, 5) is 25.9. The summed E-state index contributed by atoms with van der Waals surface area (Å²) in [6, 6.07) is 5.81. The molecular formula is C17H27N3O3. The van der Waals surface area contributed by atoms with E-state index in [0.717, 1.165) is 23.4 Å². The van der Waals surface area contributed by atoms with Gasteiger partial charge in [-0.2, -0.15) is 0 Å². The van der Waals surface area contributed by atoms with E-state index < -0.39 is 5.92 Å². The first-order chi connectivity index (χ1) is 10.9. The molecule has 1 rings (SSSR count). The quantitative estimate of drug-likeness (QED) is 0.695. The zero-order valence-electron chi connectivity index (χ0n) is 14.6. The molecule has 0 radical (unpaired) electrons. The fourth-order valence-corrected chi connectivity index (χ4v) is 2.41. The Morgan fingerprint density at radius 1 is 1.17 bits per heavy atom. The molecule has 2 amide bonds. The Hall–Kier alpha value is -2.08. The Kier molecular flexibility index (Phi) is 7.54. The van der Waals surface area contributed by atoms with Gasteiger partial charge in [0.15, 0.2) is 0 Å². The van der Waals surface area contributed by atoms with Crippen LogP contribution in [0.4, 0.5) is 0 Å². The zero-order valence-corrected chi connectivity index (χ0v) is 14.6. The molecule has 6 nitrogen and oxygen atoms in total. The van der Waals surface area contributed by atoms with Crippen molar-refractivity contribution < 1.29 is 14.3 Å². The highest BCUT2D eigenvalue weighted by molar-refractivity contribution is 6.00. The van der Waals surface area contributed by atoms with Gasteiger partial charge in [0.25, 0.3) is 0 Å². The highest BCUT2D eigenvalue weighted by Gasteiger charge is 2.25. The lowest BCUT2D eigenvalue weighted by Gasteiger charge is -2.18. The summed E-state index contributed by atoms with van der Waals surface area (Å²) < 4.78 is 5.65. The van der Waals surface area contributed by atoms with Crippen LogP contribution in [-0.2, 0) is 22.6 Å². The lowest BCUT2D eigenvalue weighted by Crippen LogP contribution is -2.40. The SMILES string of the molecule is CCOc1ccc(CC(C(=O)NC)C(=O)NC)cc1CN(C)C. The number of carbonyl (C=O) groups is 2. The van der Waals surface area contributed by atoms with Crippen LogP contribution in [0.5, 0.6) is 5.75 Å². The average molecular weight is 321 g/mol. The van der Waals surface area contributed by atoms with E-state index in [4.69, 9.17) is 4.74 Å². The van der Waals surface area contributed by atoms with Crippen LogP contribution < -0.4 is 15.4 Å². The fourth-order valence-electron chi connectivity index (χ4n) is 2.41. The number of hydrogen-bond donors (Lipinski definition) is 2. The van der Waals surface area contributed by atoms with E-state index in [1.807, 2.05) is 39.2 Å². The Bertz CT molecular complexity index is 528. The van der Waals surface area contributed by atoms with Crippen LogP contribution in [0.1, 0.15) is 18.1 Å². The Labute approximate surface area is 138 Å². The van der Waals surface area contributed by atoms with Gasteiger partial charge in [0, 0.05) is 26.2 Å². The highest BCUT2D eigenvalue weighted by atomic mass is 16.5. The monoisotopic (exact) mass is 321 g/mol. The van der Waals surface area contributed by atoms with Crippen molar-refractivity contribution in [2.45, 2.75) is 19.9 Å². The molecule has 0 fully saturated rings. The van der Waals surface area contributed by atoms with E-state index in [1.54, 1.807) is 0 Å². The van der Waals surface area contributed by atoms with Crippen LogP contribution in [0.2, 0.25) is 0 Å². The van der Waals surface area contributed by atoms with Gasteiger partial charge in [-0.3, -0.25) is 9.59 Å². The number of benzene rings is 1. The molecule has 0 bridgehead atoms. The predicted octanol–water partition coefficient (Wildman–Crippen LogP) is 0.798. The fraction of sp³-hybridized carbons (Fsp3) is 0.529. The molecule has 0 atom stereocenters. The van der Waals surface area contributed by atoms with Crippen molar-refractivity contribution in [3.05, 3.63) is 29.3 Å². The Balaban J connectivity index is 3.06. The number of hydrogen-bond acceptors (Lipinski definition) is 4. The van der Waals surface area contributed by atoms with Crippen molar-refractivity contribution in [2.24, 2.45) is 5.92 Å². The van der Waals surface area contributed by atoms with E-state index in [-0.39, 0.29) is 11.8 Å². The number of ether oxygens (including phenoxy) is 1. The molecule has 128 valence electrons. The molecule has 2 N–H and O–H groups in total. The standard InChI is InChI=1S/C17H27N3O3/c1-6-23-15-8-7-12(9-13(15)11-20(4)5)10-14(16(21)18-2)17(22)19-3/h7-9,14H,6,10-11H2,1-5H3,(H,18,21)(H,19,22). The van der Waals surface area contributed by atoms with Gasteiger partial charge in [0.2, 0.25) is 11.8 Å². The molecule has 0 aliphatic carbocycles. The molecule has 0 aliphatic heterocycles. The Morgan fingerprint density at radius 2 is 1.78 bits per heavy atom. The smallest absolute Gasteiger partial charge is 0.232 e. The molecule has 1 aromatic carbocycles. The molecule has 6 heteroatoms. The van der Waals surface area contributed by atoms with Crippen LogP contribution in [-0.4, -0.2) is 51.5 Å². The maximum absolute atomic E-state index is 11.9. The maximum Gasteiger partial charge on any atom is 0.232 e. The predicted molar refractivity (Wildman–Crippen MR) is 90.3 cm³/mol. The Morgan fingerprint density at radius 3 is 2.26 bits per heavy atom. The van der Waals surface area contributed by atoms with Gasteiger partial charge >= 0.3 is 0 Å². The first-order valence-electron chi connectivity index (χ1n) is 7.75. The summed E-state index contributed by atoms with van der Waals surface area (Å²) in [7, 11) is 7.04. The third-order valence-corrected chi connectivity index (χ3v) is 3.48. The second kappa shape index (κ2) is 9.15. The van der Waals surface area contributed by atoms with Gasteiger partial charge in [-0.25, -0.2) is 0 Å². The van der Waals surface area contributed by atoms with Crippen molar-refractivity contribution in [2.75, 3.05) is 34.8 Å². The van der Waals surface area contributed by atoms with Crippen LogP contribution in [0.25, 0.3) is 0 Å². The van der Waals surface area contributed by atoms with Crippen LogP contribution in [0, 0.1) is 5.92 Å². The summed E-state index contributed by atoms with van der Waals surface area (Å²) in [5.74, 6) is -0.476. The number of rotatable bonds is 8. The topological polar surface area (TPSA) is 70.7 Å². The second-order valence-electron chi connectivity index (χ2n) is 5.60. The number of nitrogens with zero attached hydrogens (tertiary/aromatic N) is 1. The van der Waals surface area contributed by atoms with Crippen LogP contribution in [0.15, 0.2) is 18.2 Å². The number of carbonyl (C=O) groups excluding carboxylic acids is 2. The van der Waals surface area contributed by atoms with E-state index in [0.29, 0.717) is 13.0 Å². The van der Waals surface area contributed by atoms with Gasteiger partial charge in [0.1, 0.15) is 11.7 Å². The third kappa shape index (κ3) is 5.56. The van der Waals surface area contributed by atoms with Crippen LogP contribution >= 0.6 is 0 Å². The molecule has 0 saturated heterocycles. The van der Waals surface area contributed by atoms with Gasteiger partial charge in [-0.1, -0.05) is 12.1 Å². The van der Waals surface area contributed by atoms with Gasteiger partial charge < -0.3 is 20.3 Å². The minimum Gasteiger partial charge on any atom is -0.494 e. The van der Waals surface area contributed by atoms with E-state index >= 15 is 0 Å². The normalized spacial score (nSPS) is 10.7. The molecule has 23 heavy (non-hydrogen) atoms. The van der Waals surface area contributed by atoms with Gasteiger partial charge in [-0.05, 0) is 39.1 Å². The van der Waals surface area contributed by atoms with Crippen molar-refractivity contribution in [3.63, 3.8) is 0 Å². The molecule has 1 aromatic rings. The molecule has 0 heterocycles. The summed E-state index contributed by atoms with van der Waals surface area (Å²) in [5.41, 5.74) is 1.98. The summed E-state index contributed by atoms with van der Waals surface area (Å²) in [6.07, 6.45) is 0.353. The highest BCUT2D eigenvalue weighted by Crippen LogP contribution is 2.23. The molecular weight excluding hydrogens is 294 g/mol. The lowest BCUT2D eigenvalue weighted by atomic mass is 9.96.